The van der Waals surface area contributed by atoms with Crippen molar-refractivity contribution in [2.24, 2.45) is 5.41 Å². The predicted molar refractivity (Wildman–Crippen MR) is 93.8 cm³/mol. The fourth-order valence-electron chi connectivity index (χ4n) is 4.87. The number of nitrogens with zero attached hydrogens (tertiary/aromatic N) is 2. The molecule has 1 aromatic heterocycles. The molecule has 1 N–H and O–H groups in total. The van der Waals surface area contributed by atoms with E-state index in [1.54, 1.807) is 16.7 Å². The van der Waals surface area contributed by atoms with E-state index in [4.69, 9.17) is 5.48 Å². The molecule has 1 saturated heterocycles. The third-order valence-corrected chi connectivity index (χ3v) is 5.97. The van der Waals surface area contributed by atoms with Crippen molar-refractivity contribution in [2.75, 3.05) is 13.1 Å². The normalized spacial score (nSPS) is 37.0. The van der Waals surface area contributed by atoms with E-state index < -0.39 is 24.3 Å². The van der Waals surface area contributed by atoms with Gasteiger partial charge in [0.1, 0.15) is 5.70 Å². The number of fused-ring (bicyclic) bond motifs is 3. The summed E-state index contributed by atoms with van der Waals surface area (Å²) in [6.45, 7) is 2.01. The van der Waals surface area contributed by atoms with E-state index in [2.05, 4.69) is 0 Å². The van der Waals surface area contributed by atoms with Gasteiger partial charge in [-0.25, -0.2) is 4.79 Å². The summed E-state index contributed by atoms with van der Waals surface area (Å²) in [6, 6.07) is 3.40. The number of rotatable bonds is 2. The molecule has 0 saturated carbocycles. The second kappa shape index (κ2) is 4.73. The van der Waals surface area contributed by atoms with Gasteiger partial charge in [0.2, 0.25) is 0 Å². The lowest BCUT2D eigenvalue weighted by atomic mass is 9.66. The van der Waals surface area contributed by atoms with Crippen LogP contribution in [0, 0.1) is 5.41 Å². The summed E-state index contributed by atoms with van der Waals surface area (Å²) < 4.78 is 35.2. The van der Waals surface area contributed by atoms with Crippen molar-refractivity contribution in [1.82, 2.24) is 9.47 Å². The molecule has 4 nitrogen and oxygen atoms in total. The Kier molecular flexibility index (Phi) is 2.11. The van der Waals surface area contributed by atoms with Gasteiger partial charge in [-0.15, -0.1) is 0 Å². The molecule has 124 valence electrons. The zero-order chi connectivity index (χ0) is 20.0. The molecule has 5 rings (SSSR count). The minimum atomic E-state index is -1.05. The second-order valence-corrected chi connectivity index (χ2v) is 6.96. The maximum absolute atomic E-state index is 12.2. The summed E-state index contributed by atoms with van der Waals surface area (Å²) in [7, 11) is 0. The van der Waals surface area contributed by atoms with Gasteiger partial charge in [-0.3, -0.25) is 4.90 Å². The van der Waals surface area contributed by atoms with Crippen LogP contribution in [0.25, 0.3) is 16.6 Å². The number of hydrogen-bond donors (Lipinski definition) is 1. The summed E-state index contributed by atoms with van der Waals surface area (Å²) in [5.41, 5.74) is 2.01. The molecule has 4 heteroatoms. The standard InChI is InChI=1S/C20H22N2O2/c1-2-20-9-5-10-21-11-8-14-13-6-3-4-7-15(13)22(17(14)18(20)21)16(12-20)19(23)24/h3-4,6-7,12,18H,2,5,8-11H2,1H3,(H,23,24)/t18-,20+/m1/s1/i3D,5D,7D,10D/t5?,10?,18-,20+. The molecule has 2 aromatic rings. The Bertz CT molecular complexity index is 1060. The summed E-state index contributed by atoms with van der Waals surface area (Å²) in [5, 5.41) is 10.8. The third-order valence-electron chi connectivity index (χ3n) is 5.97. The lowest BCUT2D eigenvalue weighted by molar-refractivity contribution is -0.131. The number of carboxylic acids is 1. The molecule has 3 aliphatic heterocycles. The van der Waals surface area contributed by atoms with Gasteiger partial charge in [-0.1, -0.05) is 25.1 Å². The van der Waals surface area contributed by atoms with Crippen molar-refractivity contribution in [2.45, 2.75) is 38.6 Å². The van der Waals surface area contributed by atoms with Crippen molar-refractivity contribution >= 4 is 22.6 Å². The highest BCUT2D eigenvalue weighted by atomic mass is 16.4. The molecule has 1 fully saturated rings. The van der Waals surface area contributed by atoms with E-state index in [0.29, 0.717) is 31.3 Å². The molecule has 0 radical (unpaired) electrons. The number of carbonyl (C=O) groups is 1. The minimum Gasteiger partial charge on any atom is -0.477 e. The van der Waals surface area contributed by atoms with Crippen LogP contribution in [-0.4, -0.2) is 33.6 Å². The lowest BCUT2D eigenvalue weighted by Gasteiger charge is -2.53. The van der Waals surface area contributed by atoms with Crippen LogP contribution in [0.1, 0.15) is 48.9 Å². The maximum atomic E-state index is 12.2. The molecular weight excluding hydrogens is 300 g/mol. The summed E-state index contributed by atoms with van der Waals surface area (Å²) in [4.78, 5) is 14.3. The van der Waals surface area contributed by atoms with E-state index in [1.165, 1.54) is 6.07 Å². The van der Waals surface area contributed by atoms with E-state index in [1.807, 2.05) is 11.8 Å². The quantitative estimate of drug-likeness (QED) is 0.916. The van der Waals surface area contributed by atoms with E-state index in [0.717, 1.165) is 16.6 Å². The van der Waals surface area contributed by atoms with Crippen LogP contribution in [0.5, 0.6) is 0 Å². The fourth-order valence-corrected chi connectivity index (χ4v) is 4.87. The van der Waals surface area contributed by atoms with Gasteiger partial charge < -0.3 is 9.67 Å². The number of hydrogen-bond acceptors (Lipinski definition) is 2. The number of aromatic nitrogens is 1. The van der Waals surface area contributed by atoms with Crippen LogP contribution < -0.4 is 0 Å². The highest BCUT2D eigenvalue weighted by molar-refractivity contribution is 6.12. The lowest BCUT2D eigenvalue weighted by Crippen LogP contribution is -2.51. The van der Waals surface area contributed by atoms with Crippen LogP contribution in [0.3, 0.4) is 0 Å². The largest absolute Gasteiger partial charge is 0.477 e. The number of para-hydroxylation sites is 1. The molecule has 1 aromatic carbocycles. The summed E-state index contributed by atoms with van der Waals surface area (Å²) >= 11 is 0. The SMILES string of the molecule is [2H]c1cc([2H])c2c(c1)c1c3n2C(C(=O)O)=C[C@]2(CC)CC([2H])C([2H])N(CC1)[C@H]32. The molecule has 4 atom stereocenters. The average Bonchev–Trinajstić information content (AvgIpc) is 2.98. The molecule has 24 heavy (non-hydrogen) atoms. The van der Waals surface area contributed by atoms with E-state index in [9.17, 15) is 9.90 Å². The Labute approximate surface area is 147 Å². The van der Waals surface area contributed by atoms with Crippen molar-refractivity contribution in [3.8, 4) is 0 Å². The highest BCUT2D eigenvalue weighted by Crippen LogP contribution is 2.56. The zero-order valence-electron chi connectivity index (χ0n) is 17.5. The monoisotopic (exact) mass is 326 g/mol. The third kappa shape index (κ3) is 1.59. The molecule has 0 aliphatic carbocycles. The summed E-state index contributed by atoms with van der Waals surface area (Å²) in [6.07, 6.45) is 2.97. The predicted octanol–water partition coefficient (Wildman–Crippen LogP) is 3.67. The number of piperidine rings is 1. The van der Waals surface area contributed by atoms with Crippen molar-refractivity contribution in [1.29, 1.82) is 0 Å². The van der Waals surface area contributed by atoms with Crippen LogP contribution in [-0.2, 0) is 11.2 Å². The zero-order valence-corrected chi connectivity index (χ0v) is 13.5. The van der Waals surface area contributed by atoms with Crippen molar-refractivity contribution in [3.63, 3.8) is 0 Å². The highest BCUT2D eigenvalue weighted by Gasteiger charge is 2.50. The van der Waals surface area contributed by atoms with Crippen LogP contribution in [0.4, 0.5) is 0 Å². The van der Waals surface area contributed by atoms with Gasteiger partial charge in [-0.05, 0) is 49.9 Å². The Hall–Kier alpha value is -2.07. The molecule has 4 heterocycles. The first-order chi connectivity index (χ1) is 13.3. The van der Waals surface area contributed by atoms with Gasteiger partial charge in [0.25, 0.3) is 0 Å². The first-order valence-corrected chi connectivity index (χ1v) is 8.50. The van der Waals surface area contributed by atoms with Gasteiger partial charge in [0, 0.05) is 25.8 Å². The van der Waals surface area contributed by atoms with Gasteiger partial charge >= 0.3 is 5.97 Å². The van der Waals surface area contributed by atoms with Gasteiger partial charge in [0.05, 0.1) is 14.3 Å². The Balaban J connectivity index is 1.93. The number of carboxylic acid groups (broad SMARTS) is 1. The second-order valence-electron chi connectivity index (χ2n) is 6.96. The molecule has 0 bridgehead atoms. The topological polar surface area (TPSA) is 45.5 Å². The molecular formula is C20H22N2O2. The smallest absolute Gasteiger partial charge is 0.352 e. The number of aliphatic carboxylic acids is 1. The van der Waals surface area contributed by atoms with Crippen molar-refractivity contribution in [3.05, 3.63) is 41.6 Å². The Morgan fingerprint density at radius 2 is 2.46 bits per heavy atom. The first-order valence-electron chi connectivity index (χ1n) is 10.7. The molecule has 2 unspecified atom stereocenters. The molecule has 3 aliphatic rings. The van der Waals surface area contributed by atoms with E-state index >= 15 is 0 Å². The Morgan fingerprint density at radius 1 is 1.58 bits per heavy atom. The van der Waals surface area contributed by atoms with Gasteiger partial charge in [-0.2, -0.15) is 0 Å². The summed E-state index contributed by atoms with van der Waals surface area (Å²) in [5.74, 6) is -1.05. The van der Waals surface area contributed by atoms with Crippen LogP contribution >= 0.6 is 0 Å². The fraction of sp³-hybridized carbons (Fsp3) is 0.450. The Morgan fingerprint density at radius 3 is 3.25 bits per heavy atom. The van der Waals surface area contributed by atoms with E-state index in [-0.39, 0.29) is 23.8 Å². The van der Waals surface area contributed by atoms with Gasteiger partial charge in [0.15, 0.2) is 0 Å². The number of benzene rings is 1. The maximum Gasteiger partial charge on any atom is 0.352 e. The van der Waals surface area contributed by atoms with Crippen molar-refractivity contribution < 1.29 is 15.4 Å². The van der Waals surface area contributed by atoms with Crippen LogP contribution in [0.2, 0.25) is 0 Å². The van der Waals surface area contributed by atoms with Crippen LogP contribution in [0.15, 0.2) is 30.3 Å². The average molecular weight is 326 g/mol. The molecule has 0 amide bonds. The first kappa shape index (κ1) is 10.7. The molecule has 0 spiro atoms. The minimum absolute atomic E-state index is 0.132.